The van der Waals surface area contributed by atoms with Crippen molar-refractivity contribution in [1.82, 2.24) is 4.98 Å². The Morgan fingerprint density at radius 1 is 0.979 bits per heavy atom. The Balaban J connectivity index is 1.42. The fourth-order valence-corrected chi connectivity index (χ4v) is 7.68. The van der Waals surface area contributed by atoms with Crippen LogP contribution in [0.3, 0.4) is 0 Å². The number of aliphatic hydroxyl groups is 2. The fourth-order valence-electron chi connectivity index (χ4n) is 6.71. The van der Waals surface area contributed by atoms with Crippen LogP contribution in [0.4, 0.5) is 4.39 Å². The third-order valence-corrected chi connectivity index (χ3v) is 10.00. The summed E-state index contributed by atoms with van der Waals surface area (Å²) in [4.78, 5) is 74.3. The van der Waals surface area contributed by atoms with Crippen LogP contribution in [-0.4, -0.2) is 33.6 Å². The number of hydrogen-bond acceptors (Lipinski definition) is 11. The zero-order valence-corrected chi connectivity index (χ0v) is 26.2. The van der Waals surface area contributed by atoms with Crippen LogP contribution < -0.4 is 42.4 Å². The van der Waals surface area contributed by atoms with Crippen LogP contribution in [0.2, 0.25) is 0 Å². The number of ether oxygens (including phenoxy) is 1. The Morgan fingerprint density at radius 3 is 2.36 bits per heavy atom. The molecule has 0 bridgehead atoms. The van der Waals surface area contributed by atoms with Gasteiger partial charge in [0, 0.05) is 20.6 Å². The van der Waals surface area contributed by atoms with Gasteiger partial charge in [-0.1, -0.05) is 17.3 Å². The molecule has 0 saturated carbocycles. The highest BCUT2D eigenvalue weighted by atomic mass is 127. The van der Waals surface area contributed by atoms with Gasteiger partial charge >= 0.3 is 0 Å². The molecule has 12 nitrogen and oxygen atoms in total. The minimum absolute atomic E-state index is 0.0339. The number of benzene rings is 2. The van der Waals surface area contributed by atoms with Crippen LogP contribution in [0.5, 0.6) is 11.5 Å². The van der Waals surface area contributed by atoms with E-state index in [-0.39, 0.29) is 36.1 Å². The van der Waals surface area contributed by atoms with Crippen LogP contribution in [0, 0.1) is 19.8 Å². The highest BCUT2D eigenvalue weighted by molar-refractivity contribution is 14.1. The number of nitrogens with zero attached hydrogens (tertiary/aromatic N) is 1. The number of aromatic amines is 1. The molecule has 1 atom stereocenters. The zero-order valence-electron chi connectivity index (χ0n) is 24.1. The van der Waals surface area contributed by atoms with Crippen molar-refractivity contribution < 1.29 is 29.3 Å². The van der Waals surface area contributed by atoms with Gasteiger partial charge in [0.1, 0.15) is 35.1 Å². The smallest absolute Gasteiger partial charge is 0.260 e. The third kappa shape index (κ3) is 4.10. The molecule has 4 aliphatic carbocycles. The topological polar surface area (TPSA) is 193 Å². The van der Waals surface area contributed by atoms with Gasteiger partial charge in [-0.3, -0.25) is 24.0 Å². The van der Waals surface area contributed by atoms with Gasteiger partial charge in [-0.2, -0.15) is 0 Å². The summed E-state index contributed by atoms with van der Waals surface area (Å²) in [5.41, 5.74) is -5.98. The molecule has 3 aromatic rings. The number of phenols is 1. The van der Waals surface area contributed by atoms with Crippen molar-refractivity contribution in [1.29, 1.82) is 0 Å². The lowest BCUT2D eigenvalue weighted by Gasteiger charge is -2.27. The largest absolute Gasteiger partial charge is 0.510 e. The highest BCUT2D eigenvalue weighted by Crippen LogP contribution is 2.55. The van der Waals surface area contributed by atoms with Crippen LogP contribution in [0.25, 0.3) is 22.3 Å². The molecule has 1 heterocycles. The summed E-state index contributed by atoms with van der Waals surface area (Å²) in [6, 6.07) is 8.07. The SMILES string of the molecule is COc1cc(=O)c2c(=O)c3c(c(=O)c=2c1=O)=C(O)[C@]1(CCc2c1c(O)c1c(=O)[nH]c(C=NOCc4cccc(F)c4)cc1c2I)C=3O. The molecule has 0 unspecified atom stereocenters. The Labute approximate surface area is 273 Å². The minimum atomic E-state index is -2.01. The lowest BCUT2D eigenvalue weighted by molar-refractivity contribution is 0.132. The molecule has 47 heavy (non-hydrogen) atoms. The van der Waals surface area contributed by atoms with Gasteiger partial charge in [-0.05, 0) is 64.8 Å². The number of aromatic nitrogens is 1. The number of oxime groups is 1. The summed E-state index contributed by atoms with van der Waals surface area (Å²) in [7, 11) is 1.11. The number of aromatic hydroxyl groups is 1. The number of methoxy groups -OCH3 is 1. The molecule has 236 valence electrons. The van der Waals surface area contributed by atoms with E-state index < -0.39 is 82.4 Å². The predicted octanol–water partition coefficient (Wildman–Crippen LogP) is 0.808. The van der Waals surface area contributed by atoms with Crippen molar-refractivity contribution in [3.63, 3.8) is 0 Å². The second-order valence-electron chi connectivity index (χ2n) is 11.2. The maximum absolute atomic E-state index is 13.7. The monoisotopic (exact) mass is 750 g/mol. The Kier molecular flexibility index (Phi) is 6.82. The van der Waals surface area contributed by atoms with Gasteiger partial charge in [0.25, 0.3) is 5.56 Å². The predicted molar refractivity (Wildman–Crippen MR) is 175 cm³/mol. The van der Waals surface area contributed by atoms with E-state index in [0.717, 1.165) is 13.2 Å². The molecule has 0 aliphatic heterocycles. The van der Waals surface area contributed by atoms with E-state index in [1.165, 1.54) is 30.5 Å². The number of hydrogen-bond donors (Lipinski definition) is 4. The summed E-state index contributed by atoms with van der Waals surface area (Å²) >= 11 is 1.96. The third-order valence-electron chi connectivity index (χ3n) is 8.76. The first-order chi connectivity index (χ1) is 22.4. The van der Waals surface area contributed by atoms with E-state index in [4.69, 9.17) is 9.57 Å². The molecule has 0 amide bonds. The normalized spacial score (nSPS) is 16.9. The van der Waals surface area contributed by atoms with Gasteiger partial charge < -0.3 is 29.9 Å². The molecule has 2 aromatic carbocycles. The molecular formula is C33H20FIN2O10. The highest BCUT2D eigenvalue weighted by Gasteiger charge is 2.53. The van der Waals surface area contributed by atoms with Crippen LogP contribution >= 0.6 is 22.6 Å². The summed E-state index contributed by atoms with van der Waals surface area (Å²) in [5.74, 6) is -3.07. The maximum atomic E-state index is 13.7. The average molecular weight is 750 g/mol. The van der Waals surface area contributed by atoms with E-state index in [1.807, 2.05) is 22.6 Å². The van der Waals surface area contributed by atoms with E-state index >= 15 is 0 Å². The number of halogens is 2. The number of fused-ring (bicyclic) bond motifs is 4. The van der Waals surface area contributed by atoms with Crippen molar-refractivity contribution >= 4 is 51.1 Å². The molecule has 14 heteroatoms. The van der Waals surface area contributed by atoms with Gasteiger partial charge in [0.05, 0.1) is 45.3 Å². The Hall–Kier alpha value is -5.38. The quantitative estimate of drug-likeness (QED) is 0.114. The van der Waals surface area contributed by atoms with Gasteiger partial charge in [-0.25, -0.2) is 4.39 Å². The Bertz CT molecular complexity index is 2750. The molecule has 4 aliphatic rings. The standard InChI is InChI=1S/C33H20FIN2O10/c1-46-18-9-17(38)20-21(26(18)39)28(41)23-22(27(20)40)30(43)33(31(23)44)6-5-15-24(33)29(42)19-16(25(15)35)8-14(37-32(19)45)10-36-47-11-12-3-2-4-13(34)7-12/h2-4,7-10,42-44H,5-6,11H2,1H3,(H,37,45)/t33-/m0/s1. The average Bonchev–Trinajstić information content (AvgIpc) is 3.55. The van der Waals surface area contributed by atoms with Crippen molar-refractivity contribution in [2.75, 3.05) is 7.11 Å². The summed E-state index contributed by atoms with van der Waals surface area (Å²) in [6.07, 6.45) is 1.23. The van der Waals surface area contributed by atoms with Gasteiger partial charge in [0.2, 0.25) is 16.3 Å². The van der Waals surface area contributed by atoms with Crippen molar-refractivity contribution in [3.8, 4) is 11.5 Å². The van der Waals surface area contributed by atoms with Crippen LogP contribution in [0.1, 0.15) is 28.8 Å². The summed E-state index contributed by atoms with van der Waals surface area (Å²) in [6.45, 7) is -0.0339. The lowest BCUT2D eigenvalue weighted by atomic mass is 9.78. The number of pyridine rings is 1. The van der Waals surface area contributed by atoms with E-state index in [2.05, 4.69) is 10.1 Å². The van der Waals surface area contributed by atoms with Crippen molar-refractivity contribution in [3.05, 3.63) is 140 Å². The van der Waals surface area contributed by atoms with Crippen LogP contribution in [0.15, 0.2) is 65.5 Å². The molecule has 4 N–H and O–H groups in total. The minimum Gasteiger partial charge on any atom is -0.510 e. The summed E-state index contributed by atoms with van der Waals surface area (Å²) < 4.78 is 18.8. The van der Waals surface area contributed by atoms with E-state index in [0.29, 0.717) is 20.1 Å². The zero-order chi connectivity index (χ0) is 33.5. The molecule has 1 spiro atoms. The second-order valence-corrected chi connectivity index (χ2v) is 12.2. The van der Waals surface area contributed by atoms with E-state index in [1.54, 1.807) is 6.07 Å². The number of rotatable bonds is 5. The number of aliphatic hydroxyl groups excluding tert-OH is 2. The van der Waals surface area contributed by atoms with Crippen molar-refractivity contribution in [2.24, 2.45) is 5.16 Å². The first-order valence-electron chi connectivity index (χ1n) is 14.0. The number of nitrogens with one attached hydrogen (secondary N) is 1. The molecule has 0 saturated heterocycles. The van der Waals surface area contributed by atoms with Gasteiger partial charge in [-0.15, -0.1) is 0 Å². The van der Waals surface area contributed by atoms with E-state index in [9.17, 15) is 43.7 Å². The maximum Gasteiger partial charge on any atom is 0.260 e. The molecule has 1 aromatic heterocycles. The van der Waals surface area contributed by atoms with Gasteiger partial charge in [0.15, 0.2) is 11.2 Å². The van der Waals surface area contributed by atoms with Crippen LogP contribution in [-0.2, 0) is 23.3 Å². The first kappa shape index (κ1) is 30.3. The molecule has 0 radical (unpaired) electrons. The number of H-pyrrole nitrogens is 1. The molecule has 7 rings (SSSR count). The second kappa shape index (κ2) is 10.6. The first-order valence-corrected chi connectivity index (χ1v) is 15.1. The van der Waals surface area contributed by atoms with Crippen molar-refractivity contribution in [2.45, 2.75) is 24.9 Å². The summed E-state index contributed by atoms with van der Waals surface area (Å²) in [5, 5.41) is 36.0. The lowest BCUT2D eigenvalue weighted by Crippen LogP contribution is -2.51. The molecular weight excluding hydrogens is 730 g/mol. The molecule has 0 fully saturated rings. The Morgan fingerprint density at radius 2 is 1.68 bits per heavy atom. The fraction of sp³-hybridized carbons (Fsp3) is 0.152. The number of phenolic OH excluding ortho intramolecular Hbond substituents is 1.